The van der Waals surface area contributed by atoms with Crippen molar-refractivity contribution in [1.29, 1.82) is 0 Å². The highest BCUT2D eigenvalue weighted by molar-refractivity contribution is 5.81. The van der Waals surface area contributed by atoms with E-state index >= 15 is 0 Å². The number of likely N-dealkylation sites (N-methyl/N-ethyl adjacent to an activating group) is 1. The Labute approximate surface area is 128 Å². The predicted octanol–water partition coefficient (Wildman–Crippen LogP) is -2.38. The van der Waals surface area contributed by atoms with Gasteiger partial charge in [-0.25, -0.2) is 4.79 Å². The minimum absolute atomic E-state index is 0.0837. The topological polar surface area (TPSA) is 134 Å². The van der Waals surface area contributed by atoms with Gasteiger partial charge in [-0.2, -0.15) is 4.98 Å². The summed E-state index contributed by atoms with van der Waals surface area (Å²) in [4.78, 5) is 28.3. The van der Waals surface area contributed by atoms with Gasteiger partial charge in [-0.15, -0.1) is 0 Å². The molecule has 1 unspecified atom stereocenters. The van der Waals surface area contributed by atoms with E-state index in [2.05, 4.69) is 10.3 Å². The summed E-state index contributed by atoms with van der Waals surface area (Å²) in [7, 11) is 1.74. The number of carbonyl (C=O) groups excluding carboxylic acids is 1. The number of ketones is 1. The van der Waals surface area contributed by atoms with Crippen molar-refractivity contribution >= 4 is 11.6 Å². The summed E-state index contributed by atoms with van der Waals surface area (Å²) in [5.41, 5.74) is 4.82. The van der Waals surface area contributed by atoms with Crippen LogP contribution < -0.4 is 16.7 Å². The number of nitrogens with two attached hydrogens (primary N) is 1. The first kappa shape index (κ1) is 18.2. The third-order valence-electron chi connectivity index (χ3n) is 3.30. The van der Waals surface area contributed by atoms with Gasteiger partial charge >= 0.3 is 5.69 Å². The molecule has 9 heteroatoms. The van der Waals surface area contributed by atoms with Crippen LogP contribution in [0.25, 0.3) is 0 Å². The number of nitrogens with zero attached hydrogens (tertiary/aromatic N) is 3. The Bertz CT molecular complexity index is 547. The number of aromatic nitrogens is 2. The van der Waals surface area contributed by atoms with Gasteiger partial charge < -0.3 is 21.3 Å². The number of aliphatic hydroxyl groups is 2. The van der Waals surface area contributed by atoms with Crippen LogP contribution in [-0.2, 0) is 11.3 Å². The van der Waals surface area contributed by atoms with Crippen LogP contribution in [0.1, 0.15) is 6.92 Å². The van der Waals surface area contributed by atoms with Gasteiger partial charge in [0.1, 0.15) is 17.8 Å². The fourth-order valence-corrected chi connectivity index (χ4v) is 2.08. The van der Waals surface area contributed by atoms with E-state index in [1.54, 1.807) is 7.05 Å². The minimum atomic E-state index is -1.13. The molecule has 0 radical (unpaired) electrons. The lowest BCUT2D eigenvalue weighted by Gasteiger charge is -2.33. The Hall–Kier alpha value is -1.81. The molecule has 124 valence electrons. The number of aliphatic hydroxyl groups excluding tert-OH is 2. The van der Waals surface area contributed by atoms with Crippen molar-refractivity contribution in [3.05, 3.63) is 22.7 Å². The van der Waals surface area contributed by atoms with Gasteiger partial charge in [-0.05, 0) is 20.0 Å². The maximum absolute atomic E-state index is 11.7. The second kappa shape index (κ2) is 8.59. The van der Waals surface area contributed by atoms with Crippen molar-refractivity contribution in [1.82, 2.24) is 19.8 Å². The number of hydrogen-bond acceptors (Lipinski definition) is 8. The summed E-state index contributed by atoms with van der Waals surface area (Å²) in [6, 6.07) is 0.612. The van der Waals surface area contributed by atoms with Crippen molar-refractivity contribution < 1.29 is 15.0 Å². The number of nitrogen functional groups attached to an aromatic ring is 1. The van der Waals surface area contributed by atoms with Crippen LogP contribution >= 0.6 is 0 Å². The first-order chi connectivity index (χ1) is 10.4. The van der Waals surface area contributed by atoms with Gasteiger partial charge in [-0.3, -0.25) is 14.3 Å². The summed E-state index contributed by atoms with van der Waals surface area (Å²) < 4.78 is 1.20. The first-order valence-corrected chi connectivity index (χ1v) is 6.93. The van der Waals surface area contributed by atoms with Crippen LogP contribution in [0.5, 0.6) is 0 Å². The van der Waals surface area contributed by atoms with Crippen LogP contribution in [0.3, 0.4) is 0 Å². The van der Waals surface area contributed by atoms with Crippen molar-refractivity contribution in [2.75, 3.05) is 32.5 Å². The Morgan fingerprint density at radius 3 is 2.77 bits per heavy atom. The van der Waals surface area contributed by atoms with Gasteiger partial charge in [0, 0.05) is 19.3 Å². The third kappa shape index (κ3) is 4.88. The highest BCUT2D eigenvalue weighted by Gasteiger charge is 2.27. The number of nitrogens with one attached hydrogen (secondary N) is 1. The van der Waals surface area contributed by atoms with Gasteiger partial charge in [0.2, 0.25) is 0 Å². The van der Waals surface area contributed by atoms with E-state index in [4.69, 9.17) is 5.73 Å². The van der Waals surface area contributed by atoms with Gasteiger partial charge in [0.25, 0.3) is 0 Å². The quantitative estimate of drug-likeness (QED) is 0.371. The molecule has 22 heavy (non-hydrogen) atoms. The molecule has 0 amide bonds. The van der Waals surface area contributed by atoms with E-state index in [1.807, 2.05) is 0 Å². The monoisotopic (exact) mass is 313 g/mol. The zero-order valence-corrected chi connectivity index (χ0v) is 12.8. The van der Waals surface area contributed by atoms with Gasteiger partial charge in [0.15, 0.2) is 0 Å². The Kier molecular flexibility index (Phi) is 7.12. The van der Waals surface area contributed by atoms with Crippen molar-refractivity contribution in [3.63, 3.8) is 0 Å². The summed E-state index contributed by atoms with van der Waals surface area (Å²) in [6.07, 6.45) is 0.295. The maximum Gasteiger partial charge on any atom is 0.349 e. The molecule has 5 N–H and O–H groups in total. The lowest BCUT2D eigenvalue weighted by atomic mass is 10.1. The molecule has 0 aliphatic carbocycles. The molecule has 0 aromatic carbocycles. The smallest absolute Gasteiger partial charge is 0.349 e. The van der Waals surface area contributed by atoms with Crippen LogP contribution in [0, 0.1) is 0 Å². The average molecular weight is 313 g/mol. The van der Waals surface area contributed by atoms with E-state index in [1.165, 1.54) is 28.7 Å². The second-order valence-electron chi connectivity index (χ2n) is 4.92. The molecule has 1 aromatic rings. The normalized spacial score (nSPS) is 14.0. The zero-order chi connectivity index (χ0) is 16.7. The molecule has 0 fully saturated rings. The number of anilines is 1. The predicted molar refractivity (Wildman–Crippen MR) is 81.1 cm³/mol. The molecule has 1 heterocycles. The van der Waals surface area contributed by atoms with Crippen LogP contribution in [0.4, 0.5) is 5.82 Å². The fourth-order valence-electron chi connectivity index (χ4n) is 2.08. The SMILES string of the molecule is CNCCN(C(O)Cn1ccc(N)nc1=O)[C@H](CO)C(C)=O. The van der Waals surface area contributed by atoms with E-state index in [-0.39, 0.29) is 18.1 Å². The first-order valence-electron chi connectivity index (χ1n) is 6.93. The number of hydrogen-bond donors (Lipinski definition) is 4. The van der Waals surface area contributed by atoms with Crippen LogP contribution in [0.2, 0.25) is 0 Å². The van der Waals surface area contributed by atoms with Crippen molar-refractivity contribution in [2.45, 2.75) is 25.7 Å². The van der Waals surface area contributed by atoms with E-state index < -0.39 is 24.6 Å². The lowest BCUT2D eigenvalue weighted by molar-refractivity contribution is -0.130. The molecule has 9 nitrogen and oxygen atoms in total. The van der Waals surface area contributed by atoms with E-state index in [9.17, 15) is 19.8 Å². The molecule has 2 atom stereocenters. The molecule has 1 aromatic heterocycles. The lowest BCUT2D eigenvalue weighted by Crippen LogP contribution is -2.52. The fraction of sp³-hybridized carbons (Fsp3) is 0.615. The van der Waals surface area contributed by atoms with Crippen LogP contribution in [-0.4, -0.2) is 69.5 Å². The Balaban J connectivity index is 2.92. The summed E-state index contributed by atoms with van der Waals surface area (Å²) in [5.74, 6) is -0.166. The Morgan fingerprint density at radius 1 is 1.59 bits per heavy atom. The number of carbonyl (C=O) groups is 1. The average Bonchev–Trinajstić information content (AvgIpc) is 2.45. The van der Waals surface area contributed by atoms with E-state index in [0.29, 0.717) is 13.1 Å². The molecule has 0 saturated carbocycles. The summed E-state index contributed by atoms with van der Waals surface area (Å²) in [6.45, 7) is 1.69. The maximum atomic E-state index is 11.7. The molecule has 0 aliphatic heterocycles. The molecule has 0 spiro atoms. The molecule has 1 rings (SSSR count). The van der Waals surface area contributed by atoms with E-state index in [0.717, 1.165) is 0 Å². The highest BCUT2D eigenvalue weighted by Crippen LogP contribution is 2.07. The standard InChI is InChI=1S/C13H23N5O4/c1-9(20)10(8-19)18(6-4-15-2)12(21)7-17-5-3-11(14)16-13(17)22/h3,5,10,12,15,19,21H,4,6-8H2,1-2H3,(H2,14,16,22)/t10-,12?/m1/s1. The Morgan fingerprint density at radius 2 is 2.27 bits per heavy atom. The van der Waals surface area contributed by atoms with Gasteiger partial charge in [0.05, 0.1) is 19.2 Å². The third-order valence-corrected chi connectivity index (χ3v) is 3.30. The molecule has 0 saturated heterocycles. The van der Waals surface area contributed by atoms with Crippen molar-refractivity contribution in [2.24, 2.45) is 0 Å². The number of Topliss-reactive ketones (excluding diaryl/α,β-unsaturated/α-hetero) is 1. The number of rotatable bonds is 9. The van der Waals surface area contributed by atoms with Gasteiger partial charge in [-0.1, -0.05) is 0 Å². The van der Waals surface area contributed by atoms with Crippen LogP contribution in [0.15, 0.2) is 17.1 Å². The molecule has 0 bridgehead atoms. The molecular formula is C13H23N5O4. The zero-order valence-electron chi connectivity index (χ0n) is 12.8. The summed E-state index contributed by atoms with van der Waals surface area (Å²) >= 11 is 0. The largest absolute Gasteiger partial charge is 0.394 e. The second-order valence-corrected chi connectivity index (χ2v) is 4.92. The van der Waals surface area contributed by atoms with Crippen molar-refractivity contribution in [3.8, 4) is 0 Å². The highest BCUT2D eigenvalue weighted by atomic mass is 16.3. The summed E-state index contributed by atoms with van der Waals surface area (Å²) in [5, 5.41) is 22.6. The molecule has 0 aliphatic rings. The molecular weight excluding hydrogens is 290 g/mol. The minimum Gasteiger partial charge on any atom is -0.394 e.